The fourth-order valence-corrected chi connectivity index (χ4v) is 4.51. The Morgan fingerprint density at radius 2 is 1.69 bits per heavy atom. The summed E-state index contributed by atoms with van der Waals surface area (Å²) in [6.45, 7) is 1.67. The first-order chi connectivity index (χ1) is 16.7. The summed E-state index contributed by atoms with van der Waals surface area (Å²) in [6.07, 6.45) is 2.13. The van der Waals surface area contributed by atoms with E-state index >= 15 is 0 Å². The molecule has 178 valence electrons. The number of rotatable bonds is 7. The van der Waals surface area contributed by atoms with Gasteiger partial charge < -0.3 is 9.67 Å². The van der Waals surface area contributed by atoms with Crippen molar-refractivity contribution in [1.82, 2.24) is 9.55 Å². The van der Waals surface area contributed by atoms with Gasteiger partial charge in [0, 0.05) is 6.20 Å². The van der Waals surface area contributed by atoms with E-state index in [9.17, 15) is 18.0 Å². The third-order valence-electron chi connectivity index (χ3n) is 5.34. The molecular weight excluding hydrogens is 490 g/mol. The first kappa shape index (κ1) is 24.2. The summed E-state index contributed by atoms with van der Waals surface area (Å²) in [5, 5.41) is 9.49. The highest BCUT2D eigenvalue weighted by Crippen LogP contribution is 2.26. The third-order valence-corrected chi connectivity index (χ3v) is 6.38. The number of halogens is 1. The van der Waals surface area contributed by atoms with Gasteiger partial charge in [-0.05, 0) is 60.9 Å². The van der Waals surface area contributed by atoms with Gasteiger partial charge >= 0.3 is 5.97 Å². The molecule has 0 fully saturated rings. The molecule has 8 nitrogen and oxygen atoms in total. The van der Waals surface area contributed by atoms with Crippen LogP contribution in [0.4, 0.5) is 5.69 Å². The summed E-state index contributed by atoms with van der Waals surface area (Å²) in [5.41, 5.74) is 2.62. The van der Waals surface area contributed by atoms with Gasteiger partial charge in [0.25, 0.3) is 5.91 Å². The molecule has 1 aromatic heterocycles. The molecule has 1 amide bonds. The number of carbonyl (C=O) groups is 2. The molecule has 0 aliphatic carbocycles. The van der Waals surface area contributed by atoms with Crippen LogP contribution in [0.5, 0.6) is 0 Å². The van der Waals surface area contributed by atoms with Gasteiger partial charge in [0.2, 0.25) is 10.9 Å². The number of benzene rings is 3. The minimum absolute atomic E-state index is 0.00612. The fraction of sp³-hybridized carbons (Fsp3) is 0.0800. The van der Waals surface area contributed by atoms with Crippen LogP contribution in [0.25, 0.3) is 5.69 Å². The molecule has 0 spiro atoms. The number of aromatic carboxylic acids is 1. The largest absolute Gasteiger partial charge is 0.478 e. The van der Waals surface area contributed by atoms with Crippen LogP contribution in [0.2, 0.25) is 5.02 Å². The maximum Gasteiger partial charge on any atom is 0.335 e. The predicted octanol–water partition coefficient (Wildman–Crippen LogP) is 4.30. The van der Waals surface area contributed by atoms with Crippen molar-refractivity contribution >= 4 is 40.1 Å². The van der Waals surface area contributed by atoms with Crippen LogP contribution in [0, 0.1) is 6.92 Å². The fourth-order valence-electron chi connectivity index (χ4n) is 3.65. The average molecular weight is 510 g/mol. The molecule has 4 aromatic rings. The van der Waals surface area contributed by atoms with Crippen LogP contribution < -0.4 is 4.31 Å². The van der Waals surface area contributed by atoms with Crippen LogP contribution in [0.3, 0.4) is 0 Å². The summed E-state index contributed by atoms with van der Waals surface area (Å²) in [6, 6.07) is 20.5. The maximum absolute atomic E-state index is 13.1. The second kappa shape index (κ2) is 10.1. The van der Waals surface area contributed by atoms with E-state index in [1.807, 2.05) is 48.5 Å². The number of carboxylic acids is 1. The number of carboxylic acid groups (broad SMARTS) is 1. The lowest BCUT2D eigenvalue weighted by molar-refractivity contribution is 0.0696. The van der Waals surface area contributed by atoms with Gasteiger partial charge in [-0.25, -0.2) is 22.5 Å². The second-order valence-electron chi connectivity index (χ2n) is 7.70. The Bertz CT molecular complexity index is 1470. The lowest BCUT2D eigenvalue weighted by Crippen LogP contribution is -2.29. The average Bonchev–Trinajstić information content (AvgIpc) is 3.21. The number of imidazole rings is 1. The lowest BCUT2D eigenvalue weighted by Gasteiger charge is -2.14. The van der Waals surface area contributed by atoms with E-state index in [-0.39, 0.29) is 16.9 Å². The number of aromatic nitrogens is 2. The van der Waals surface area contributed by atoms with Gasteiger partial charge in [0.15, 0.2) is 0 Å². The molecule has 0 atom stereocenters. The number of carbonyl (C=O) groups excluding carboxylic acids is 1. The van der Waals surface area contributed by atoms with Gasteiger partial charge in [-0.2, -0.15) is 0 Å². The Morgan fingerprint density at radius 1 is 1.00 bits per heavy atom. The predicted molar refractivity (Wildman–Crippen MR) is 133 cm³/mol. The number of nitrogens with zero attached hydrogens (tertiary/aromatic N) is 3. The van der Waals surface area contributed by atoms with Crippen LogP contribution in [0.15, 0.2) is 79.0 Å². The van der Waals surface area contributed by atoms with Crippen molar-refractivity contribution in [3.8, 4) is 5.69 Å². The first-order valence-electron chi connectivity index (χ1n) is 10.5. The van der Waals surface area contributed by atoms with Crippen LogP contribution in [-0.2, 0) is 17.3 Å². The molecule has 0 aliphatic rings. The van der Waals surface area contributed by atoms with Crippen molar-refractivity contribution in [3.05, 3.63) is 112 Å². The van der Waals surface area contributed by atoms with Crippen molar-refractivity contribution in [3.63, 3.8) is 0 Å². The number of aryl methyl sites for hydroxylation is 1. The molecule has 0 radical (unpaired) electrons. The standard InChI is InChI=1S/C25H20ClN3O5S/c1-16-27-22(24(30)29(35(33)34)20-10-8-19(9-11-20)25(31)32)15-28(16)23-12-7-18(14-21(23)26)13-17-5-3-2-4-6-17/h2-12,14-15,35H,13H2,1H3,(H,31,32). The Hall–Kier alpha value is -3.95. The third kappa shape index (κ3) is 5.26. The van der Waals surface area contributed by atoms with E-state index in [1.54, 1.807) is 11.5 Å². The Morgan fingerprint density at radius 3 is 2.29 bits per heavy atom. The van der Waals surface area contributed by atoms with E-state index in [0.717, 1.165) is 11.1 Å². The maximum atomic E-state index is 13.1. The topological polar surface area (TPSA) is 110 Å². The summed E-state index contributed by atoms with van der Waals surface area (Å²) >= 11 is 6.55. The molecule has 4 rings (SSSR count). The molecule has 3 aromatic carbocycles. The molecule has 1 N–H and O–H groups in total. The zero-order chi connectivity index (χ0) is 25.1. The number of hydrogen-bond acceptors (Lipinski definition) is 5. The molecular formula is C25H20ClN3O5S. The molecule has 0 bridgehead atoms. The Balaban J connectivity index is 1.63. The van der Waals surface area contributed by atoms with Crippen molar-refractivity contribution < 1.29 is 23.1 Å². The summed E-state index contributed by atoms with van der Waals surface area (Å²) in [4.78, 5) is 28.4. The smallest absolute Gasteiger partial charge is 0.335 e. The summed E-state index contributed by atoms with van der Waals surface area (Å²) in [5.74, 6) is -1.60. The highest BCUT2D eigenvalue weighted by molar-refractivity contribution is 7.75. The first-order valence-corrected chi connectivity index (χ1v) is 12.0. The van der Waals surface area contributed by atoms with Gasteiger partial charge in [-0.3, -0.25) is 4.79 Å². The van der Waals surface area contributed by atoms with Gasteiger partial charge in [-0.15, -0.1) is 0 Å². The highest BCUT2D eigenvalue weighted by Gasteiger charge is 2.24. The van der Waals surface area contributed by atoms with E-state index in [2.05, 4.69) is 4.98 Å². The van der Waals surface area contributed by atoms with Crippen molar-refractivity contribution in [2.24, 2.45) is 0 Å². The normalized spacial score (nSPS) is 10.9. The molecule has 35 heavy (non-hydrogen) atoms. The number of amides is 1. The van der Waals surface area contributed by atoms with Crippen LogP contribution >= 0.6 is 11.6 Å². The quantitative estimate of drug-likeness (QED) is 0.359. The lowest BCUT2D eigenvalue weighted by atomic mass is 10.0. The van der Waals surface area contributed by atoms with E-state index in [1.165, 1.54) is 30.5 Å². The Labute approximate surface area is 208 Å². The number of hydrogen-bond donors (Lipinski definition) is 2. The van der Waals surface area contributed by atoms with Crippen LogP contribution in [-0.4, -0.2) is 35.0 Å². The van der Waals surface area contributed by atoms with Crippen LogP contribution in [0.1, 0.15) is 37.8 Å². The minimum atomic E-state index is -3.36. The molecule has 0 unspecified atom stereocenters. The van der Waals surface area contributed by atoms with Crippen molar-refractivity contribution in [2.45, 2.75) is 13.3 Å². The summed E-state index contributed by atoms with van der Waals surface area (Å²) < 4.78 is 26.0. The van der Waals surface area contributed by atoms with Gasteiger partial charge in [0.1, 0.15) is 11.5 Å². The number of anilines is 1. The Kier molecular flexibility index (Phi) is 6.99. The molecule has 10 heteroatoms. The van der Waals surface area contributed by atoms with E-state index < -0.39 is 22.8 Å². The van der Waals surface area contributed by atoms with E-state index in [4.69, 9.17) is 16.7 Å². The zero-order valence-electron chi connectivity index (χ0n) is 18.5. The zero-order valence-corrected chi connectivity index (χ0v) is 20.1. The van der Waals surface area contributed by atoms with Gasteiger partial charge in [0.05, 0.1) is 22.0 Å². The monoisotopic (exact) mass is 509 g/mol. The van der Waals surface area contributed by atoms with Crippen molar-refractivity contribution in [1.29, 1.82) is 0 Å². The summed E-state index contributed by atoms with van der Waals surface area (Å²) in [7, 11) is -3.36. The molecule has 0 saturated carbocycles. The molecule has 1 heterocycles. The molecule has 0 aliphatic heterocycles. The second-order valence-corrected chi connectivity index (χ2v) is 8.98. The van der Waals surface area contributed by atoms with Crippen molar-refractivity contribution in [2.75, 3.05) is 4.31 Å². The SMILES string of the molecule is Cc1nc(C(=O)N(c2ccc(C(=O)O)cc2)[SH](=O)=O)cn1-c1ccc(Cc2ccccc2)cc1Cl. The van der Waals surface area contributed by atoms with E-state index in [0.29, 0.717) is 27.3 Å². The minimum Gasteiger partial charge on any atom is -0.478 e. The molecule has 0 saturated heterocycles. The number of thiol groups is 1. The highest BCUT2D eigenvalue weighted by atomic mass is 35.5. The van der Waals surface area contributed by atoms with Gasteiger partial charge in [-0.1, -0.05) is 48.0 Å².